The van der Waals surface area contributed by atoms with Crippen LogP contribution in [0.25, 0.3) is 0 Å². The van der Waals surface area contributed by atoms with E-state index in [0.717, 1.165) is 0 Å². The van der Waals surface area contributed by atoms with Crippen LogP contribution in [0.5, 0.6) is 0 Å². The van der Waals surface area contributed by atoms with Crippen molar-refractivity contribution in [1.29, 1.82) is 0 Å². The number of benzene rings is 1. The van der Waals surface area contributed by atoms with Crippen molar-refractivity contribution in [3.63, 3.8) is 0 Å². The van der Waals surface area contributed by atoms with E-state index in [-0.39, 0.29) is 0 Å². The summed E-state index contributed by atoms with van der Waals surface area (Å²) in [6.07, 6.45) is -9.67. The Morgan fingerprint density at radius 2 is 1.20 bits per heavy atom. The van der Waals surface area contributed by atoms with Gasteiger partial charge < -0.3 is 0 Å². The van der Waals surface area contributed by atoms with E-state index < -0.39 is 28.0 Å². The zero-order valence-electron chi connectivity index (χ0n) is 6.80. The molecule has 0 heterocycles. The molecule has 0 N–H and O–H groups in total. The molecule has 1 aromatic carbocycles. The van der Waals surface area contributed by atoms with E-state index in [9.17, 15) is 26.3 Å². The van der Waals surface area contributed by atoms with Crippen LogP contribution in [-0.2, 0) is 12.4 Å². The van der Waals surface area contributed by atoms with E-state index in [1.807, 2.05) is 6.07 Å². The van der Waals surface area contributed by atoms with Gasteiger partial charge in [0.1, 0.15) is 0 Å². The third-order valence-electron chi connectivity index (χ3n) is 1.54. The van der Waals surface area contributed by atoms with Gasteiger partial charge in [-0.15, -0.1) is 0 Å². The topological polar surface area (TPSA) is 0 Å². The van der Waals surface area contributed by atoms with E-state index in [4.69, 9.17) is 0 Å². The van der Waals surface area contributed by atoms with Crippen molar-refractivity contribution >= 4 is 15.9 Å². The lowest BCUT2D eigenvalue weighted by Crippen LogP contribution is -2.12. The first-order valence-electron chi connectivity index (χ1n) is 3.48. The average Bonchev–Trinajstić information content (AvgIpc) is 1.99. The van der Waals surface area contributed by atoms with Gasteiger partial charge in [-0.2, -0.15) is 26.3 Å². The predicted molar refractivity (Wildman–Crippen MR) is 43.0 cm³/mol. The van der Waals surface area contributed by atoms with Gasteiger partial charge >= 0.3 is 12.4 Å². The summed E-state index contributed by atoms with van der Waals surface area (Å²) >= 11 is 2.29. The van der Waals surface area contributed by atoms with Crippen LogP contribution in [0.4, 0.5) is 26.3 Å². The molecule has 0 saturated carbocycles. The Balaban J connectivity index is 3.37. The Labute approximate surface area is 89.0 Å². The normalized spacial score (nSPS) is 13.0. The smallest absolute Gasteiger partial charge is 0.166 e. The fourth-order valence-electron chi connectivity index (χ4n) is 0.893. The lowest BCUT2D eigenvalue weighted by atomic mass is 10.1. The minimum atomic E-state index is -4.84. The number of hydrogen-bond donors (Lipinski definition) is 0. The van der Waals surface area contributed by atoms with E-state index >= 15 is 0 Å². The highest BCUT2D eigenvalue weighted by atomic mass is 79.9. The fourth-order valence-corrected chi connectivity index (χ4v) is 1.57. The highest BCUT2D eigenvalue weighted by Gasteiger charge is 2.39. The Morgan fingerprint density at radius 3 is 1.47 bits per heavy atom. The molecule has 83 valence electrons. The lowest BCUT2D eigenvalue weighted by Gasteiger charge is -2.14. The SMILES string of the molecule is FC(F)(F)c1c[c]cc(C(F)(F)F)c1Br. The molecule has 0 bridgehead atoms. The third-order valence-corrected chi connectivity index (χ3v) is 2.39. The van der Waals surface area contributed by atoms with Gasteiger partial charge in [0, 0.05) is 4.47 Å². The molecule has 0 aliphatic rings. The molecule has 0 aromatic heterocycles. The van der Waals surface area contributed by atoms with Crippen molar-refractivity contribution in [2.24, 2.45) is 0 Å². The first-order valence-corrected chi connectivity index (χ1v) is 4.27. The number of alkyl halides is 6. The minimum Gasteiger partial charge on any atom is -0.166 e. The maximum atomic E-state index is 12.2. The van der Waals surface area contributed by atoms with Gasteiger partial charge in [0.05, 0.1) is 11.1 Å². The molecule has 0 unspecified atom stereocenters. The molecule has 0 spiro atoms. The van der Waals surface area contributed by atoms with Crippen molar-refractivity contribution in [1.82, 2.24) is 0 Å². The second kappa shape index (κ2) is 3.70. The molecule has 15 heavy (non-hydrogen) atoms. The van der Waals surface area contributed by atoms with Crippen molar-refractivity contribution < 1.29 is 26.3 Å². The summed E-state index contributed by atoms with van der Waals surface area (Å²) in [6.45, 7) is 0. The monoisotopic (exact) mass is 291 g/mol. The summed E-state index contributed by atoms with van der Waals surface area (Å²) in [5.41, 5.74) is -2.78. The Hall–Kier alpha value is -0.720. The first-order chi connectivity index (χ1) is 6.64. The maximum absolute atomic E-state index is 12.2. The number of hydrogen-bond acceptors (Lipinski definition) is 0. The van der Waals surface area contributed by atoms with Crippen LogP contribution < -0.4 is 0 Å². The molecule has 0 saturated heterocycles. The molecule has 0 atom stereocenters. The van der Waals surface area contributed by atoms with Gasteiger partial charge in [-0.1, -0.05) is 0 Å². The molecule has 0 amide bonds. The zero-order valence-corrected chi connectivity index (χ0v) is 8.39. The lowest BCUT2D eigenvalue weighted by molar-refractivity contribution is -0.144. The predicted octanol–water partition coefficient (Wildman–Crippen LogP) is 4.29. The van der Waals surface area contributed by atoms with Gasteiger partial charge in [-0.25, -0.2) is 0 Å². The van der Waals surface area contributed by atoms with E-state index in [0.29, 0.717) is 12.1 Å². The number of halogens is 7. The molecule has 0 fully saturated rings. The van der Waals surface area contributed by atoms with Crippen molar-refractivity contribution in [2.45, 2.75) is 12.4 Å². The summed E-state index contributed by atoms with van der Waals surface area (Å²) < 4.78 is 72.2. The molecule has 1 rings (SSSR count). The highest BCUT2D eigenvalue weighted by molar-refractivity contribution is 9.10. The Kier molecular flexibility index (Phi) is 3.04. The van der Waals surface area contributed by atoms with Crippen LogP contribution >= 0.6 is 15.9 Å². The summed E-state index contributed by atoms with van der Waals surface area (Å²) in [5.74, 6) is 0. The largest absolute Gasteiger partial charge is 0.417 e. The van der Waals surface area contributed by atoms with Crippen LogP contribution in [0.15, 0.2) is 16.6 Å². The molecular formula is C8H2BrF6. The van der Waals surface area contributed by atoms with E-state index in [1.54, 1.807) is 0 Å². The molecule has 7 heteroatoms. The van der Waals surface area contributed by atoms with Crippen LogP contribution in [0.1, 0.15) is 11.1 Å². The zero-order chi connectivity index (χ0) is 11.9. The van der Waals surface area contributed by atoms with Crippen LogP contribution in [0, 0.1) is 6.07 Å². The van der Waals surface area contributed by atoms with Gasteiger partial charge in [0.15, 0.2) is 0 Å². The Bertz CT molecular complexity index is 332. The third kappa shape index (κ3) is 2.64. The van der Waals surface area contributed by atoms with Crippen LogP contribution in [0.3, 0.4) is 0 Å². The first kappa shape index (κ1) is 12.4. The van der Waals surface area contributed by atoms with Crippen molar-refractivity contribution in [2.75, 3.05) is 0 Å². The molecule has 0 aliphatic carbocycles. The molecule has 0 nitrogen and oxygen atoms in total. The average molecular weight is 292 g/mol. The summed E-state index contributed by atoms with van der Waals surface area (Å²) in [5, 5.41) is 0. The molecule has 1 aromatic rings. The second-order valence-corrected chi connectivity index (χ2v) is 3.39. The molecular weight excluding hydrogens is 290 g/mol. The van der Waals surface area contributed by atoms with E-state index in [2.05, 4.69) is 15.9 Å². The summed E-state index contributed by atoms with van der Waals surface area (Å²) in [4.78, 5) is 0. The maximum Gasteiger partial charge on any atom is 0.417 e. The second-order valence-electron chi connectivity index (χ2n) is 2.59. The quantitative estimate of drug-likeness (QED) is 0.626. The van der Waals surface area contributed by atoms with Gasteiger partial charge in [0.2, 0.25) is 0 Å². The highest BCUT2D eigenvalue weighted by Crippen LogP contribution is 2.41. The van der Waals surface area contributed by atoms with Crippen molar-refractivity contribution in [3.05, 3.63) is 33.8 Å². The van der Waals surface area contributed by atoms with Crippen LogP contribution in [-0.4, -0.2) is 0 Å². The molecule has 1 radical (unpaired) electrons. The minimum absolute atomic E-state index is 0.458. The van der Waals surface area contributed by atoms with Gasteiger partial charge in [-0.3, -0.25) is 0 Å². The summed E-state index contributed by atoms with van der Waals surface area (Å²) in [7, 11) is 0. The Morgan fingerprint density at radius 1 is 0.867 bits per heavy atom. The molecule has 0 aliphatic heterocycles. The van der Waals surface area contributed by atoms with Crippen LogP contribution in [0.2, 0.25) is 0 Å². The summed E-state index contributed by atoms with van der Waals surface area (Å²) in [6, 6.07) is 2.73. The van der Waals surface area contributed by atoms with Gasteiger partial charge in [-0.05, 0) is 34.1 Å². The van der Waals surface area contributed by atoms with Crippen molar-refractivity contribution in [3.8, 4) is 0 Å². The standard InChI is InChI=1S/C8H2BrF6/c9-6-4(7(10,11)12)2-1-3-5(6)8(13,14)15/h2-3H. The van der Waals surface area contributed by atoms with Gasteiger partial charge in [0.25, 0.3) is 0 Å². The fraction of sp³-hybridized carbons (Fsp3) is 0.250. The number of rotatable bonds is 0. The van der Waals surface area contributed by atoms with E-state index in [1.165, 1.54) is 0 Å².